The van der Waals surface area contributed by atoms with Crippen molar-refractivity contribution in [3.63, 3.8) is 0 Å². The van der Waals surface area contributed by atoms with Crippen molar-refractivity contribution < 1.29 is 24.1 Å². The maximum absolute atomic E-state index is 12.2. The van der Waals surface area contributed by atoms with E-state index in [9.17, 15) is 15.2 Å². The number of nitriles is 1. The molecule has 2 saturated heterocycles. The second-order valence-corrected chi connectivity index (χ2v) is 12.0. The number of allylic oxidation sites excluding steroid dienone is 1. The minimum absolute atomic E-state index is 0.0394. The number of ketones is 1. The molecule has 5 fully saturated rings. The molecule has 6 aliphatic rings. The second kappa shape index (κ2) is 6.37. The average molecular weight is 462 g/mol. The molecule has 0 aromatic heterocycles. The molecule has 2 unspecified atom stereocenters. The Hall–Kier alpha value is -0.970. The van der Waals surface area contributed by atoms with E-state index in [2.05, 4.69) is 19.9 Å². The summed E-state index contributed by atoms with van der Waals surface area (Å²) < 4.78 is 18.9. The van der Waals surface area contributed by atoms with Crippen LogP contribution in [0, 0.1) is 34.0 Å². The van der Waals surface area contributed by atoms with Gasteiger partial charge in [-0.1, -0.05) is 26.3 Å². The predicted molar refractivity (Wildman–Crippen MR) is 116 cm³/mol. The molecular formula is C25H32ClNO5. The summed E-state index contributed by atoms with van der Waals surface area (Å²) in [4.78, 5) is 11.3. The minimum Gasteiger partial charge on any atom is -0.391 e. The lowest BCUT2D eigenvalue weighted by Gasteiger charge is -2.65. The Morgan fingerprint density at radius 2 is 2.06 bits per heavy atom. The van der Waals surface area contributed by atoms with E-state index in [4.69, 9.17) is 25.8 Å². The Morgan fingerprint density at radius 1 is 1.31 bits per heavy atom. The lowest BCUT2D eigenvalue weighted by atomic mass is 9.44. The first-order valence-corrected chi connectivity index (χ1v) is 12.5. The van der Waals surface area contributed by atoms with Gasteiger partial charge in [-0.25, -0.2) is 0 Å². The van der Waals surface area contributed by atoms with Gasteiger partial charge >= 0.3 is 0 Å². The molecule has 6 nitrogen and oxygen atoms in total. The van der Waals surface area contributed by atoms with Gasteiger partial charge in [0.2, 0.25) is 5.60 Å². The highest BCUT2D eigenvalue weighted by atomic mass is 35.5. The van der Waals surface area contributed by atoms with Gasteiger partial charge in [0.05, 0.1) is 23.7 Å². The first-order valence-electron chi connectivity index (χ1n) is 12.1. The number of hydrogen-bond acceptors (Lipinski definition) is 6. The van der Waals surface area contributed by atoms with Gasteiger partial charge in [-0.15, -0.1) is 11.6 Å². The third-order valence-electron chi connectivity index (χ3n) is 10.4. The molecule has 0 aromatic rings. The molecule has 0 spiro atoms. The van der Waals surface area contributed by atoms with Gasteiger partial charge in [-0.3, -0.25) is 4.79 Å². The zero-order valence-corrected chi connectivity index (χ0v) is 19.8. The quantitative estimate of drug-likeness (QED) is 0.498. The highest BCUT2D eigenvalue weighted by Gasteiger charge is 2.84. The molecule has 3 saturated carbocycles. The van der Waals surface area contributed by atoms with E-state index in [1.54, 1.807) is 6.08 Å². The molecular weight excluding hydrogens is 430 g/mol. The average Bonchev–Trinajstić information content (AvgIpc) is 3.41. The molecule has 2 heterocycles. The predicted octanol–water partition coefficient (Wildman–Crippen LogP) is 3.64. The highest BCUT2D eigenvalue weighted by Crippen LogP contribution is 2.75. The Bertz CT molecular complexity index is 956. The van der Waals surface area contributed by atoms with Crippen molar-refractivity contribution in [1.29, 1.82) is 5.26 Å². The standard InChI is InChI=1S/C25H32ClNO5/c1-4-20-31-19-10-17-16-6-5-14-9-15(28)7-8-21(14,2)24(16,26)18(29)11-22(17,3)25(19,32-20)23(12-27)13-30-23/h9,16-20,29H,4-8,10-11,13H2,1-3H3/t16-,17-,18-,19+,20?,21-,22-,23?,24-,25+/m0/s1. The molecule has 32 heavy (non-hydrogen) atoms. The van der Waals surface area contributed by atoms with E-state index in [0.29, 0.717) is 32.3 Å². The molecule has 0 bridgehead atoms. The summed E-state index contributed by atoms with van der Waals surface area (Å²) in [7, 11) is 0. The number of ether oxygens (including phenoxy) is 3. The van der Waals surface area contributed by atoms with Crippen LogP contribution in [0.15, 0.2) is 11.6 Å². The van der Waals surface area contributed by atoms with Crippen LogP contribution in [0.5, 0.6) is 0 Å². The number of aliphatic hydroxyl groups is 1. The van der Waals surface area contributed by atoms with Crippen LogP contribution in [-0.2, 0) is 19.0 Å². The molecule has 7 heteroatoms. The Morgan fingerprint density at radius 3 is 2.72 bits per heavy atom. The third-order valence-corrected chi connectivity index (χ3v) is 11.3. The number of alkyl halides is 1. The van der Waals surface area contributed by atoms with Crippen molar-refractivity contribution >= 4 is 17.4 Å². The smallest absolute Gasteiger partial charge is 0.209 e. The SMILES string of the molecule is CCC1O[C@@H]2C[C@H]3[C@@H]4CCC5=CC(=O)CC[C@]5(C)[C@@]4(Cl)[C@@H](O)C[C@]3(C)[C@]2(C2(C#N)CO2)O1. The third kappa shape index (κ3) is 2.15. The second-order valence-electron chi connectivity index (χ2n) is 11.4. The number of carbonyl (C=O) groups is 1. The van der Waals surface area contributed by atoms with E-state index < -0.39 is 33.0 Å². The maximum Gasteiger partial charge on any atom is 0.209 e. The summed E-state index contributed by atoms with van der Waals surface area (Å²) in [5.74, 6) is 0.337. The van der Waals surface area contributed by atoms with E-state index in [1.807, 2.05) is 6.92 Å². The lowest BCUT2D eigenvalue weighted by Crippen LogP contribution is -2.70. The van der Waals surface area contributed by atoms with Gasteiger partial charge in [0.1, 0.15) is 11.7 Å². The van der Waals surface area contributed by atoms with Crippen molar-refractivity contribution in [2.75, 3.05) is 6.61 Å². The summed E-state index contributed by atoms with van der Waals surface area (Å²) in [6.07, 6.45) is 5.03. The van der Waals surface area contributed by atoms with Gasteiger partial charge in [-0.05, 0) is 56.4 Å². The Balaban J connectivity index is 1.47. The summed E-state index contributed by atoms with van der Waals surface area (Å²) in [6, 6.07) is 2.42. The number of rotatable bonds is 2. The minimum atomic E-state index is -1.03. The van der Waals surface area contributed by atoms with Crippen LogP contribution < -0.4 is 0 Å². The number of carbonyl (C=O) groups excluding carboxylic acids is 1. The first-order chi connectivity index (χ1) is 15.1. The Labute approximate surface area is 194 Å². The summed E-state index contributed by atoms with van der Waals surface area (Å²) >= 11 is 7.56. The Kier molecular flexibility index (Phi) is 4.29. The van der Waals surface area contributed by atoms with Crippen molar-refractivity contribution in [3.05, 3.63) is 11.6 Å². The summed E-state index contributed by atoms with van der Waals surface area (Å²) in [5.41, 5.74) is -1.77. The van der Waals surface area contributed by atoms with Crippen LogP contribution in [-0.4, -0.2) is 52.1 Å². The van der Waals surface area contributed by atoms with Crippen LogP contribution in [0.3, 0.4) is 0 Å². The fraction of sp³-hybridized carbons (Fsp3) is 0.840. The number of halogens is 1. The molecule has 2 aliphatic heterocycles. The first kappa shape index (κ1) is 21.6. The number of epoxide rings is 1. The molecule has 174 valence electrons. The van der Waals surface area contributed by atoms with E-state index in [0.717, 1.165) is 24.8 Å². The topological polar surface area (TPSA) is 92.1 Å². The zero-order valence-electron chi connectivity index (χ0n) is 19.0. The largest absolute Gasteiger partial charge is 0.391 e. The van der Waals surface area contributed by atoms with Crippen LogP contribution in [0.4, 0.5) is 0 Å². The summed E-state index contributed by atoms with van der Waals surface area (Å²) in [5, 5.41) is 22.0. The lowest BCUT2D eigenvalue weighted by molar-refractivity contribution is -0.207. The van der Waals surface area contributed by atoms with Crippen LogP contribution in [0.25, 0.3) is 0 Å². The van der Waals surface area contributed by atoms with E-state index in [-0.39, 0.29) is 30.0 Å². The van der Waals surface area contributed by atoms with Gasteiger partial charge in [0, 0.05) is 17.3 Å². The van der Waals surface area contributed by atoms with Gasteiger partial charge in [-0.2, -0.15) is 5.26 Å². The van der Waals surface area contributed by atoms with Crippen molar-refractivity contribution in [2.24, 2.45) is 22.7 Å². The monoisotopic (exact) mass is 461 g/mol. The normalized spacial score (nSPS) is 58.2. The molecule has 0 radical (unpaired) electrons. The number of fused-ring (bicyclic) bond motifs is 7. The van der Waals surface area contributed by atoms with Crippen molar-refractivity contribution in [2.45, 2.75) is 100 Å². The number of hydrogen-bond donors (Lipinski definition) is 1. The zero-order chi connectivity index (χ0) is 22.7. The van der Waals surface area contributed by atoms with Crippen molar-refractivity contribution in [3.8, 4) is 6.07 Å². The highest BCUT2D eigenvalue weighted by molar-refractivity contribution is 6.26. The fourth-order valence-corrected chi connectivity index (χ4v) is 9.31. The molecule has 6 rings (SSSR count). The van der Waals surface area contributed by atoms with Gasteiger partial charge in [0.25, 0.3) is 0 Å². The fourth-order valence-electron chi connectivity index (χ4n) is 8.76. The van der Waals surface area contributed by atoms with Crippen molar-refractivity contribution in [1.82, 2.24) is 0 Å². The van der Waals surface area contributed by atoms with E-state index in [1.165, 1.54) is 0 Å². The maximum atomic E-state index is 12.2. The van der Waals surface area contributed by atoms with Crippen LogP contribution in [0.2, 0.25) is 0 Å². The summed E-state index contributed by atoms with van der Waals surface area (Å²) in [6.45, 7) is 6.66. The van der Waals surface area contributed by atoms with Gasteiger partial charge < -0.3 is 19.3 Å². The van der Waals surface area contributed by atoms with Gasteiger partial charge in [0.15, 0.2) is 12.1 Å². The number of aliphatic hydroxyl groups excluding tert-OH is 1. The van der Waals surface area contributed by atoms with E-state index >= 15 is 0 Å². The molecule has 0 amide bonds. The molecule has 0 aromatic carbocycles. The van der Waals surface area contributed by atoms with Crippen LogP contribution >= 0.6 is 11.6 Å². The molecule has 1 N–H and O–H groups in total. The molecule has 10 atom stereocenters. The van der Waals surface area contributed by atoms with Crippen LogP contribution in [0.1, 0.15) is 65.7 Å². The molecule has 4 aliphatic carbocycles. The number of nitrogens with zero attached hydrogens (tertiary/aromatic N) is 1.